The number of aliphatic hydroxyl groups is 1. The zero-order chi connectivity index (χ0) is 26.9. The number of nitrogens with zero attached hydrogens (tertiary/aromatic N) is 2. The Balaban J connectivity index is 0.00000481. The number of Topliss-reactive ketones (excluding diaryl/α,β-unsaturated/α-hetero) is 1. The van der Waals surface area contributed by atoms with Gasteiger partial charge in [0.25, 0.3) is 0 Å². The van der Waals surface area contributed by atoms with Gasteiger partial charge in [0.15, 0.2) is 5.78 Å². The van der Waals surface area contributed by atoms with E-state index in [2.05, 4.69) is 0 Å². The maximum absolute atomic E-state index is 14.0. The molecule has 1 atom stereocenters. The van der Waals surface area contributed by atoms with Crippen molar-refractivity contribution in [2.24, 2.45) is 0 Å². The molecule has 1 aromatic rings. The Morgan fingerprint density at radius 3 is 2.16 bits per heavy atom. The van der Waals surface area contributed by atoms with Crippen LogP contribution in [0.5, 0.6) is 0 Å². The number of ketones is 1. The van der Waals surface area contributed by atoms with Crippen LogP contribution in [0.3, 0.4) is 0 Å². The summed E-state index contributed by atoms with van der Waals surface area (Å²) in [6, 6.07) is 2.50. The smallest absolute Gasteiger partial charge is 0.392 e. The van der Waals surface area contributed by atoms with Crippen molar-refractivity contribution in [3.8, 4) is 0 Å². The topological polar surface area (TPSA) is 77.9 Å². The standard InChI is InChI=1S/C23H30ClF5N2O4S.ClH/c1-16(32)15-36(34,35)31-12-10-30(11-13-31)21(6-8-22(25,26)9-7-21)5-4-20(33)18-3-2-17(14-19(18)24)23(27,28)29;/h2-3,14,16,32H,4-13,15H2,1H3;1H. The van der Waals surface area contributed by atoms with E-state index in [-0.39, 0.29) is 87.7 Å². The van der Waals surface area contributed by atoms with Crippen LogP contribution in [0.1, 0.15) is 61.4 Å². The largest absolute Gasteiger partial charge is 0.416 e. The highest BCUT2D eigenvalue weighted by Crippen LogP contribution is 2.44. The Kier molecular flexibility index (Phi) is 10.4. The molecular formula is C23H31Cl2F5N2O4S. The van der Waals surface area contributed by atoms with Gasteiger partial charge in [-0.05, 0) is 44.4 Å². The van der Waals surface area contributed by atoms with Gasteiger partial charge in [-0.3, -0.25) is 9.69 Å². The molecule has 212 valence electrons. The molecule has 2 aliphatic rings. The van der Waals surface area contributed by atoms with E-state index in [0.29, 0.717) is 6.07 Å². The van der Waals surface area contributed by atoms with Gasteiger partial charge >= 0.3 is 6.18 Å². The van der Waals surface area contributed by atoms with Gasteiger partial charge in [0.2, 0.25) is 15.9 Å². The Morgan fingerprint density at radius 2 is 1.68 bits per heavy atom. The van der Waals surface area contributed by atoms with E-state index in [1.54, 1.807) is 0 Å². The second kappa shape index (κ2) is 12.0. The van der Waals surface area contributed by atoms with E-state index in [9.17, 15) is 40.3 Å². The average Bonchev–Trinajstić information content (AvgIpc) is 2.77. The van der Waals surface area contributed by atoms with Gasteiger partial charge < -0.3 is 5.11 Å². The number of halogens is 7. The number of benzene rings is 1. The molecule has 6 nitrogen and oxygen atoms in total. The van der Waals surface area contributed by atoms with Crippen LogP contribution >= 0.6 is 24.0 Å². The van der Waals surface area contributed by atoms with Gasteiger partial charge in [0, 0.05) is 56.5 Å². The highest BCUT2D eigenvalue weighted by Gasteiger charge is 2.47. The van der Waals surface area contributed by atoms with Crippen molar-refractivity contribution in [2.75, 3.05) is 31.9 Å². The maximum Gasteiger partial charge on any atom is 0.416 e. The number of aliphatic hydroxyl groups excluding tert-OH is 1. The fraction of sp³-hybridized carbons (Fsp3) is 0.696. The molecule has 0 amide bonds. The van der Waals surface area contributed by atoms with Gasteiger partial charge in [0.1, 0.15) is 0 Å². The summed E-state index contributed by atoms with van der Waals surface area (Å²) in [6.45, 7) is 2.20. The number of carbonyl (C=O) groups excluding carboxylic acids is 1. The van der Waals surface area contributed by atoms with E-state index in [4.69, 9.17) is 11.6 Å². The number of piperazine rings is 1. The van der Waals surface area contributed by atoms with Crippen LogP contribution in [-0.2, 0) is 16.2 Å². The minimum absolute atomic E-state index is 0. The zero-order valence-electron chi connectivity index (χ0n) is 20.2. The van der Waals surface area contributed by atoms with Gasteiger partial charge in [-0.15, -0.1) is 12.4 Å². The summed E-state index contributed by atoms with van der Waals surface area (Å²) in [4.78, 5) is 14.8. The van der Waals surface area contributed by atoms with Crippen LogP contribution in [0, 0.1) is 0 Å². The minimum Gasteiger partial charge on any atom is -0.392 e. The predicted molar refractivity (Wildman–Crippen MR) is 132 cm³/mol. The van der Waals surface area contributed by atoms with Crippen molar-refractivity contribution in [1.29, 1.82) is 0 Å². The predicted octanol–water partition coefficient (Wildman–Crippen LogP) is 5.02. The Labute approximate surface area is 224 Å². The molecule has 1 heterocycles. The number of sulfonamides is 1. The molecule has 1 aliphatic carbocycles. The number of rotatable bonds is 8. The van der Waals surface area contributed by atoms with Gasteiger partial charge in [-0.1, -0.05) is 11.6 Å². The van der Waals surface area contributed by atoms with Gasteiger partial charge in [-0.2, -0.15) is 17.5 Å². The van der Waals surface area contributed by atoms with E-state index in [0.717, 1.165) is 12.1 Å². The first-order valence-electron chi connectivity index (χ1n) is 11.7. The fourth-order valence-corrected chi connectivity index (χ4v) is 6.88. The molecule has 37 heavy (non-hydrogen) atoms. The number of carbonyl (C=O) groups is 1. The third-order valence-corrected chi connectivity index (χ3v) is 9.45. The molecule has 1 aliphatic heterocycles. The van der Waals surface area contributed by atoms with Gasteiger partial charge in [0.05, 0.1) is 22.4 Å². The number of alkyl halides is 5. The van der Waals surface area contributed by atoms with Crippen LogP contribution in [-0.4, -0.2) is 78.0 Å². The first-order chi connectivity index (χ1) is 16.5. The lowest BCUT2D eigenvalue weighted by molar-refractivity contribution is -0.137. The molecule has 1 saturated heterocycles. The fourth-order valence-electron chi connectivity index (χ4n) is 5.05. The normalized spacial score (nSPS) is 21.7. The van der Waals surface area contributed by atoms with Crippen molar-refractivity contribution in [3.63, 3.8) is 0 Å². The second-order valence-corrected chi connectivity index (χ2v) is 12.1. The lowest BCUT2D eigenvalue weighted by Gasteiger charge is -2.51. The van der Waals surface area contributed by atoms with E-state index in [1.807, 2.05) is 4.90 Å². The van der Waals surface area contributed by atoms with Crippen molar-refractivity contribution in [1.82, 2.24) is 9.21 Å². The highest BCUT2D eigenvalue weighted by atomic mass is 35.5. The van der Waals surface area contributed by atoms with Gasteiger partial charge in [-0.25, -0.2) is 17.2 Å². The SMILES string of the molecule is CC(O)CS(=O)(=O)N1CCN(C2(CCC(=O)c3ccc(C(F)(F)F)cc3Cl)CCC(F)(F)CC2)CC1.Cl. The van der Waals surface area contributed by atoms with E-state index in [1.165, 1.54) is 11.2 Å². The van der Waals surface area contributed by atoms with E-state index >= 15 is 0 Å². The molecular weight excluding hydrogens is 566 g/mol. The number of hydrogen-bond acceptors (Lipinski definition) is 5. The first-order valence-corrected chi connectivity index (χ1v) is 13.7. The molecule has 1 saturated carbocycles. The third-order valence-electron chi connectivity index (χ3n) is 7.08. The lowest BCUT2D eigenvalue weighted by Crippen LogP contribution is -2.60. The van der Waals surface area contributed by atoms with Crippen LogP contribution in [0.4, 0.5) is 22.0 Å². The minimum atomic E-state index is -4.60. The molecule has 1 aromatic carbocycles. The Hall–Kier alpha value is -1.05. The summed E-state index contributed by atoms with van der Waals surface area (Å²) in [5.41, 5.74) is -1.80. The van der Waals surface area contributed by atoms with Crippen LogP contribution < -0.4 is 0 Å². The first kappa shape index (κ1) is 32.2. The average molecular weight is 597 g/mol. The zero-order valence-corrected chi connectivity index (χ0v) is 22.6. The molecule has 0 bridgehead atoms. The van der Waals surface area contributed by atoms with E-state index < -0.39 is 50.9 Å². The second-order valence-electron chi connectivity index (χ2n) is 9.71. The number of hydrogen-bond donors (Lipinski definition) is 1. The molecule has 1 unspecified atom stereocenters. The van der Waals surface area contributed by atoms with Crippen molar-refractivity contribution in [2.45, 2.75) is 69.2 Å². The maximum atomic E-state index is 14.0. The Bertz CT molecular complexity index is 1050. The van der Waals surface area contributed by atoms with Crippen LogP contribution in [0.2, 0.25) is 5.02 Å². The van der Waals surface area contributed by atoms with Crippen LogP contribution in [0.25, 0.3) is 0 Å². The molecule has 0 radical (unpaired) electrons. The molecule has 1 N–H and O–H groups in total. The summed E-state index contributed by atoms with van der Waals surface area (Å²) >= 11 is 5.96. The van der Waals surface area contributed by atoms with Crippen molar-refractivity contribution in [3.05, 3.63) is 34.3 Å². The Morgan fingerprint density at radius 1 is 1.11 bits per heavy atom. The molecule has 3 rings (SSSR count). The molecule has 14 heteroatoms. The summed E-state index contributed by atoms with van der Waals surface area (Å²) in [6.07, 6.45) is -6.07. The lowest BCUT2D eigenvalue weighted by atomic mass is 9.74. The summed E-state index contributed by atoms with van der Waals surface area (Å²) in [5, 5.41) is 9.15. The monoisotopic (exact) mass is 596 g/mol. The summed E-state index contributed by atoms with van der Waals surface area (Å²) < 4.78 is 92.9. The highest BCUT2D eigenvalue weighted by molar-refractivity contribution is 7.89. The molecule has 0 spiro atoms. The quantitative estimate of drug-likeness (QED) is 0.337. The van der Waals surface area contributed by atoms with Crippen molar-refractivity contribution < 1.29 is 40.3 Å². The summed E-state index contributed by atoms with van der Waals surface area (Å²) in [5.74, 6) is -3.72. The van der Waals surface area contributed by atoms with Crippen LogP contribution in [0.15, 0.2) is 18.2 Å². The molecule has 2 fully saturated rings. The van der Waals surface area contributed by atoms with Crippen molar-refractivity contribution >= 4 is 39.8 Å². The summed E-state index contributed by atoms with van der Waals surface area (Å²) in [7, 11) is -3.67. The third kappa shape index (κ3) is 7.98. The molecule has 0 aromatic heterocycles.